The van der Waals surface area contributed by atoms with Crippen LogP contribution in [0.2, 0.25) is 5.02 Å². The van der Waals surface area contributed by atoms with E-state index in [0.29, 0.717) is 23.7 Å². The zero-order valence-electron chi connectivity index (χ0n) is 21.7. The Morgan fingerprint density at radius 1 is 1.00 bits per heavy atom. The first-order valence-corrected chi connectivity index (χ1v) is 14.3. The number of ether oxygens (including phenoxy) is 1. The van der Waals surface area contributed by atoms with E-state index in [1.165, 1.54) is 6.42 Å². The Kier molecular flexibility index (Phi) is 10.2. The monoisotopic (exact) mass is 596 g/mol. The quantitative estimate of drug-likeness (QED) is 0.277. The molecule has 1 aliphatic carbocycles. The van der Waals surface area contributed by atoms with Crippen LogP contribution in [0.1, 0.15) is 48.8 Å². The maximum atomic E-state index is 13.8. The molecule has 2 amide bonds. The van der Waals surface area contributed by atoms with Crippen LogP contribution in [0.4, 0.5) is 0 Å². The molecule has 1 unspecified atom stereocenters. The second-order valence-corrected chi connectivity index (χ2v) is 11.2. The molecule has 200 valence electrons. The molecule has 1 atom stereocenters. The Morgan fingerprint density at radius 2 is 1.71 bits per heavy atom. The van der Waals surface area contributed by atoms with Gasteiger partial charge in [-0.25, -0.2) is 0 Å². The van der Waals surface area contributed by atoms with Gasteiger partial charge >= 0.3 is 0 Å². The van der Waals surface area contributed by atoms with Crippen molar-refractivity contribution in [1.82, 2.24) is 10.2 Å². The summed E-state index contributed by atoms with van der Waals surface area (Å²) in [5.74, 6) is 0.0249. The molecule has 3 aromatic carbocycles. The van der Waals surface area contributed by atoms with Crippen LogP contribution in [0.3, 0.4) is 0 Å². The third-order valence-electron chi connectivity index (χ3n) is 6.94. The molecule has 0 aliphatic heterocycles. The summed E-state index contributed by atoms with van der Waals surface area (Å²) < 4.78 is 6.67. The minimum absolute atomic E-state index is 0.122. The average molecular weight is 598 g/mol. The molecule has 3 aromatic rings. The molecule has 0 bridgehead atoms. The number of nitrogens with zero attached hydrogens (tertiary/aromatic N) is 1. The summed E-state index contributed by atoms with van der Waals surface area (Å²) in [6, 6.07) is 22.6. The number of aryl methyl sites for hydroxylation is 1. The SMILES string of the molecule is Cc1ccc(CN(C(=O)COc2ccc(Br)cc2Cl)C(Cc2ccccc2)C(=O)NC2CCCCC2)cc1. The summed E-state index contributed by atoms with van der Waals surface area (Å²) in [7, 11) is 0. The number of hydrogen-bond donors (Lipinski definition) is 1. The summed E-state index contributed by atoms with van der Waals surface area (Å²) >= 11 is 9.71. The van der Waals surface area contributed by atoms with E-state index in [1.54, 1.807) is 17.0 Å². The van der Waals surface area contributed by atoms with Crippen molar-refractivity contribution in [3.8, 4) is 5.75 Å². The normalized spacial score (nSPS) is 14.5. The van der Waals surface area contributed by atoms with Crippen LogP contribution in [0, 0.1) is 6.92 Å². The fourth-order valence-electron chi connectivity index (χ4n) is 4.80. The second kappa shape index (κ2) is 13.8. The van der Waals surface area contributed by atoms with Crippen LogP contribution >= 0.6 is 27.5 Å². The molecular weight excluding hydrogens is 564 g/mol. The van der Waals surface area contributed by atoms with E-state index < -0.39 is 6.04 Å². The van der Waals surface area contributed by atoms with Crippen LogP contribution < -0.4 is 10.1 Å². The maximum Gasteiger partial charge on any atom is 0.261 e. The average Bonchev–Trinajstić information content (AvgIpc) is 2.92. The summed E-state index contributed by atoms with van der Waals surface area (Å²) in [5, 5.41) is 3.67. The van der Waals surface area contributed by atoms with Crippen molar-refractivity contribution in [3.63, 3.8) is 0 Å². The summed E-state index contributed by atoms with van der Waals surface area (Å²) in [6.45, 7) is 2.10. The van der Waals surface area contributed by atoms with Crippen molar-refractivity contribution in [2.24, 2.45) is 0 Å². The van der Waals surface area contributed by atoms with Crippen LogP contribution in [0.25, 0.3) is 0 Å². The smallest absolute Gasteiger partial charge is 0.261 e. The predicted molar refractivity (Wildman–Crippen MR) is 155 cm³/mol. The first-order chi connectivity index (χ1) is 18.4. The predicted octanol–water partition coefficient (Wildman–Crippen LogP) is 6.88. The molecule has 0 saturated heterocycles. The molecule has 1 saturated carbocycles. The number of hydrogen-bond acceptors (Lipinski definition) is 3. The van der Waals surface area contributed by atoms with Crippen LogP contribution in [0.15, 0.2) is 77.3 Å². The first-order valence-electron chi connectivity index (χ1n) is 13.2. The zero-order chi connectivity index (χ0) is 26.9. The highest BCUT2D eigenvalue weighted by Gasteiger charge is 2.32. The Morgan fingerprint density at radius 3 is 2.39 bits per heavy atom. The summed E-state index contributed by atoms with van der Waals surface area (Å²) in [5.41, 5.74) is 3.08. The van der Waals surface area contributed by atoms with E-state index in [2.05, 4.69) is 21.2 Å². The van der Waals surface area contributed by atoms with E-state index >= 15 is 0 Å². The van der Waals surface area contributed by atoms with Crippen molar-refractivity contribution in [2.45, 2.75) is 64.1 Å². The van der Waals surface area contributed by atoms with Gasteiger partial charge in [-0.1, -0.05) is 107 Å². The van der Waals surface area contributed by atoms with Crippen LogP contribution in [-0.4, -0.2) is 35.4 Å². The third-order valence-corrected chi connectivity index (χ3v) is 7.73. The Labute approximate surface area is 238 Å². The van der Waals surface area contributed by atoms with Gasteiger partial charge in [0.15, 0.2) is 6.61 Å². The molecule has 1 fully saturated rings. The number of amides is 2. The van der Waals surface area contributed by atoms with Crippen molar-refractivity contribution in [3.05, 3.63) is 99.0 Å². The van der Waals surface area contributed by atoms with Gasteiger partial charge < -0.3 is 15.0 Å². The lowest BCUT2D eigenvalue weighted by molar-refractivity contribution is -0.143. The number of halogens is 2. The van der Waals surface area contributed by atoms with Gasteiger partial charge in [0, 0.05) is 23.5 Å². The Bertz CT molecular complexity index is 1210. The van der Waals surface area contributed by atoms with Crippen molar-refractivity contribution in [2.75, 3.05) is 6.61 Å². The molecule has 0 spiro atoms. The lowest BCUT2D eigenvalue weighted by atomic mass is 9.94. The Hall–Kier alpha value is -2.83. The van der Waals surface area contributed by atoms with Gasteiger partial charge in [-0.2, -0.15) is 0 Å². The van der Waals surface area contributed by atoms with Crippen LogP contribution in [-0.2, 0) is 22.6 Å². The van der Waals surface area contributed by atoms with E-state index in [4.69, 9.17) is 16.3 Å². The molecule has 1 aliphatic rings. The molecule has 0 heterocycles. The van der Waals surface area contributed by atoms with Crippen molar-refractivity contribution in [1.29, 1.82) is 0 Å². The molecule has 7 heteroatoms. The molecule has 4 rings (SSSR count). The van der Waals surface area contributed by atoms with Gasteiger partial charge in [0.1, 0.15) is 11.8 Å². The number of carbonyl (C=O) groups is 2. The fraction of sp³-hybridized carbons (Fsp3) is 0.355. The van der Waals surface area contributed by atoms with Gasteiger partial charge in [-0.15, -0.1) is 0 Å². The van der Waals surface area contributed by atoms with Gasteiger partial charge in [-0.3, -0.25) is 9.59 Å². The van der Waals surface area contributed by atoms with Gasteiger partial charge in [0.05, 0.1) is 5.02 Å². The Balaban J connectivity index is 1.61. The molecular formula is C31H34BrClN2O3. The lowest BCUT2D eigenvalue weighted by Crippen LogP contribution is -2.53. The van der Waals surface area contributed by atoms with E-state index in [0.717, 1.165) is 46.8 Å². The number of benzene rings is 3. The zero-order valence-corrected chi connectivity index (χ0v) is 24.0. The number of nitrogens with one attached hydrogen (secondary N) is 1. The molecule has 1 N–H and O–H groups in total. The number of rotatable bonds is 10. The highest BCUT2D eigenvalue weighted by atomic mass is 79.9. The summed E-state index contributed by atoms with van der Waals surface area (Å²) in [6.07, 6.45) is 5.79. The fourth-order valence-corrected chi connectivity index (χ4v) is 5.53. The highest BCUT2D eigenvalue weighted by Crippen LogP contribution is 2.28. The molecule has 38 heavy (non-hydrogen) atoms. The highest BCUT2D eigenvalue weighted by molar-refractivity contribution is 9.10. The largest absolute Gasteiger partial charge is 0.482 e. The van der Waals surface area contributed by atoms with Gasteiger partial charge in [0.2, 0.25) is 5.91 Å². The third kappa shape index (κ3) is 8.08. The van der Waals surface area contributed by atoms with Gasteiger partial charge in [-0.05, 0) is 49.1 Å². The number of carbonyl (C=O) groups excluding carboxylic acids is 2. The summed E-state index contributed by atoms with van der Waals surface area (Å²) in [4.78, 5) is 29.2. The molecule has 0 aromatic heterocycles. The minimum Gasteiger partial charge on any atom is -0.482 e. The van der Waals surface area contributed by atoms with E-state index in [1.807, 2.05) is 67.6 Å². The van der Waals surface area contributed by atoms with E-state index in [9.17, 15) is 9.59 Å². The molecule has 5 nitrogen and oxygen atoms in total. The van der Waals surface area contributed by atoms with E-state index in [-0.39, 0.29) is 24.5 Å². The second-order valence-electron chi connectivity index (χ2n) is 9.92. The maximum absolute atomic E-state index is 13.8. The van der Waals surface area contributed by atoms with Crippen LogP contribution in [0.5, 0.6) is 5.75 Å². The molecule has 0 radical (unpaired) electrons. The van der Waals surface area contributed by atoms with Crippen molar-refractivity contribution < 1.29 is 14.3 Å². The van der Waals surface area contributed by atoms with Gasteiger partial charge in [0.25, 0.3) is 5.91 Å². The lowest BCUT2D eigenvalue weighted by Gasteiger charge is -2.33. The standard InChI is InChI=1S/C31H34BrClN2O3/c1-22-12-14-24(15-13-22)20-35(30(36)21-38-29-17-16-25(32)19-27(29)33)28(18-23-8-4-2-5-9-23)31(37)34-26-10-6-3-7-11-26/h2,4-5,8-9,12-17,19,26,28H,3,6-7,10-11,18,20-21H2,1H3,(H,34,37). The van der Waals surface area contributed by atoms with Crippen molar-refractivity contribution >= 4 is 39.3 Å². The topological polar surface area (TPSA) is 58.6 Å². The first kappa shape index (κ1) is 28.2. The minimum atomic E-state index is -0.683.